The molecule has 2 fully saturated rings. The van der Waals surface area contributed by atoms with Crippen molar-refractivity contribution in [3.8, 4) is 0 Å². The number of hydrogen-bond donors (Lipinski definition) is 2. The molecule has 2 saturated heterocycles. The summed E-state index contributed by atoms with van der Waals surface area (Å²) in [7, 11) is -3.75. The summed E-state index contributed by atoms with van der Waals surface area (Å²) in [6.07, 6.45) is 2.70. The van der Waals surface area contributed by atoms with Crippen molar-refractivity contribution in [2.75, 3.05) is 13.1 Å². The molecule has 0 bridgehead atoms. The Hall–Kier alpha value is -0.860. The van der Waals surface area contributed by atoms with Crippen LogP contribution >= 0.6 is 23.2 Å². The Morgan fingerprint density at radius 1 is 1.10 bits per heavy atom. The van der Waals surface area contributed by atoms with Gasteiger partial charge in [-0.1, -0.05) is 23.2 Å². The number of sulfonamides is 1. The molecule has 3 rings (SSSR count). The zero-order valence-corrected chi connectivity index (χ0v) is 20.3. The molecule has 2 aliphatic heterocycles. The van der Waals surface area contributed by atoms with Crippen LogP contribution in [0.3, 0.4) is 0 Å². The van der Waals surface area contributed by atoms with Crippen LogP contribution in [0.4, 0.5) is 0 Å². The molecule has 2 N–H and O–H groups in total. The van der Waals surface area contributed by atoms with Gasteiger partial charge in [0.1, 0.15) is 4.90 Å². The number of halogens is 2. The van der Waals surface area contributed by atoms with E-state index in [2.05, 4.69) is 38.3 Å². The van der Waals surface area contributed by atoms with E-state index < -0.39 is 10.0 Å². The van der Waals surface area contributed by atoms with Crippen LogP contribution in [0.5, 0.6) is 0 Å². The lowest BCUT2D eigenvalue weighted by Gasteiger charge is -2.47. The third-order valence-corrected chi connectivity index (χ3v) is 8.49. The molecule has 30 heavy (non-hydrogen) atoms. The number of amides is 1. The van der Waals surface area contributed by atoms with Gasteiger partial charge in [-0.05, 0) is 71.6 Å². The molecule has 1 aromatic carbocycles. The van der Waals surface area contributed by atoms with E-state index in [-0.39, 0.29) is 52.0 Å². The number of nitrogens with zero attached hydrogens (tertiary/aromatic N) is 1. The van der Waals surface area contributed by atoms with Gasteiger partial charge in [-0.3, -0.25) is 4.79 Å². The van der Waals surface area contributed by atoms with Crippen LogP contribution in [0.2, 0.25) is 10.0 Å². The zero-order chi connectivity index (χ0) is 22.3. The van der Waals surface area contributed by atoms with Crippen LogP contribution < -0.4 is 10.6 Å². The first-order valence-corrected chi connectivity index (χ1v) is 12.5. The molecule has 1 aromatic rings. The van der Waals surface area contributed by atoms with Gasteiger partial charge in [0.05, 0.1) is 5.02 Å². The molecule has 168 valence electrons. The second-order valence-electron chi connectivity index (χ2n) is 9.76. The summed E-state index contributed by atoms with van der Waals surface area (Å²) in [5.41, 5.74) is -0.0965. The van der Waals surface area contributed by atoms with E-state index in [1.165, 1.54) is 16.4 Å². The summed E-state index contributed by atoms with van der Waals surface area (Å²) in [4.78, 5) is 12.9. The second-order valence-corrected chi connectivity index (χ2v) is 12.5. The topological polar surface area (TPSA) is 78.5 Å². The number of rotatable bonds is 4. The molecule has 0 unspecified atom stereocenters. The normalized spacial score (nSPS) is 23.3. The number of benzene rings is 1. The number of nitrogens with one attached hydrogen (secondary N) is 2. The van der Waals surface area contributed by atoms with Crippen LogP contribution in [0.1, 0.15) is 53.4 Å². The van der Waals surface area contributed by atoms with E-state index in [1.807, 2.05) is 0 Å². The summed E-state index contributed by atoms with van der Waals surface area (Å²) in [6, 6.07) is 4.52. The van der Waals surface area contributed by atoms with Crippen molar-refractivity contribution >= 4 is 39.1 Å². The number of carbonyl (C=O) groups is 1. The first kappa shape index (κ1) is 23.8. The number of hydrogen-bond acceptors (Lipinski definition) is 4. The van der Waals surface area contributed by atoms with Crippen LogP contribution in [0.15, 0.2) is 23.1 Å². The fourth-order valence-electron chi connectivity index (χ4n) is 4.92. The van der Waals surface area contributed by atoms with Crippen molar-refractivity contribution in [3.05, 3.63) is 28.2 Å². The zero-order valence-electron chi connectivity index (χ0n) is 18.0. The fraction of sp³-hybridized carbons (Fsp3) is 0.667. The third-order valence-electron chi connectivity index (χ3n) is 5.87. The Bertz CT molecular complexity index is 894. The molecular formula is C21H31Cl2N3O3S. The average molecular weight is 476 g/mol. The van der Waals surface area contributed by atoms with Crippen molar-refractivity contribution in [1.82, 2.24) is 14.9 Å². The highest BCUT2D eigenvalue weighted by Gasteiger charge is 2.39. The molecule has 6 nitrogen and oxygen atoms in total. The number of carbonyl (C=O) groups excluding carboxylic acids is 1. The SMILES string of the molecule is CC1(C)CC(NC(=O)C2CCN(S(=O)(=O)c3cc(Cl)ccc3Cl)CC2)CC(C)(C)N1. The van der Waals surface area contributed by atoms with Crippen molar-refractivity contribution in [1.29, 1.82) is 0 Å². The van der Waals surface area contributed by atoms with Crippen molar-refractivity contribution < 1.29 is 13.2 Å². The molecule has 0 aliphatic carbocycles. The molecule has 9 heteroatoms. The minimum absolute atomic E-state index is 0.0127. The largest absolute Gasteiger partial charge is 0.353 e. The predicted octanol–water partition coefficient (Wildman–Crippen LogP) is 3.82. The van der Waals surface area contributed by atoms with E-state index in [1.54, 1.807) is 6.07 Å². The molecule has 2 aliphatic rings. The van der Waals surface area contributed by atoms with Gasteiger partial charge in [-0.2, -0.15) is 4.31 Å². The lowest BCUT2D eigenvalue weighted by molar-refractivity contribution is -0.127. The summed E-state index contributed by atoms with van der Waals surface area (Å²) >= 11 is 12.1. The van der Waals surface area contributed by atoms with E-state index in [0.29, 0.717) is 17.9 Å². The molecule has 0 radical (unpaired) electrons. The Kier molecular flexibility index (Phi) is 6.81. The van der Waals surface area contributed by atoms with Crippen LogP contribution in [-0.2, 0) is 14.8 Å². The van der Waals surface area contributed by atoms with Gasteiger partial charge in [0.25, 0.3) is 0 Å². The molecule has 1 amide bonds. The smallest absolute Gasteiger partial charge is 0.244 e. The lowest BCUT2D eigenvalue weighted by atomic mass is 9.79. The highest BCUT2D eigenvalue weighted by atomic mass is 35.5. The van der Waals surface area contributed by atoms with Gasteiger partial charge in [-0.15, -0.1) is 0 Å². The summed E-state index contributed by atoms with van der Waals surface area (Å²) in [5.74, 6) is -0.168. The van der Waals surface area contributed by atoms with Crippen molar-refractivity contribution in [2.45, 2.75) is 75.4 Å². The Morgan fingerprint density at radius 3 is 2.23 bits per heavy atom. The van der Waals surface area contributed by atoms with Gasteiger partial charge in [0.2, 0.25) is 15.9 Å². The number of piperidine rings is 2. The van der Waals surface area contributed by atoms with Gasteiger partial charge in [-0.25, -0.2) is 8.42 Å². The van der Waals surface area contributed by atoms with Crippen LogP contribution in [0.25, 0.3) is 0 Å². The van der Waals surface area contributed by atoms with Crippen LogP contribution in [0, 0.1) is 5.92 Å². The van der Waals surface area contributed by atoms with E-state index in [9.17, 15) is 13.2 Å². The van der Waals surface area contributed by atoms with Gasteiger partial charge < -0.3 is 10.6 Å². The van der Waals surface area contributed by atoms with E-state index >= 15 is 0 Å². The monoisotopic (exact) mass is 475 g/mol. The minimum Gasteiger partial charge on any atom is -0.353 e. The quantitative estimate of drug-likeness (QED) is 0.693. The fourth-order valence-corrected chi connectivity index (χ4v) is 7.12. The van der Waals surface area contributed by atoms with Crippen molar-refractivity contribution in [3.63, 3.8) is 0 Å². The maximum absolute atomic E-state index is 13.0. The maximum Gasteiger partial charge on any atom is 0.244 e. The Labute approximate surface area is 189 Å². The predicted molar refractivity (Wildman–Crippen MR) is 120 cm³/mol. The minimum atomic E-state index is -3.75. The molecule has 0 aromatic heterocycles. The molecule has 2 heterocycles. The summed E-state index contributed by atoms with van der Waals surface area (Å²) in [5, 5.41) is 7.30. The first-order chi connectivity index (χ1) is 13.8. The van der Waals surface area contributed by atoms with Gasteiger partial charge >= 0.3 is 0 Å². The highest BCUT2D eigenvalue weighted by molar-refractivity contribution is 7.89. The summed E-state index contributed by atoms with van der Waals surface area (Å²) < 4.78 is 27.3. The van der Waals surface area contributed by atoms with E-state index in [4.69, 9.17) is 23.2 Å². The third kappa shape index (κ3) is 5.49. The first-order valence-electron chi connectivity index (χ1n) is 10.3. The molecule has 0 spiro atoms. The Morgan fingerprint density at radius 2 is 1.67 bits per heavy atom. The van der Waals surface area contributed by atoms with Crippen LogP contribution in [-0.4, -0.2) is 48.8 Å². The molecular weight excluding hydrogens is 445 g/mol. The standard InChI is InChI=1S/C21H31Cl2N3O3S/c1-20(2)12-16(13-21(3,4)25-20)24-19(27)14-7-9-26(10-8-14)30(28,29)18-11-15(22)5-6-17(18)23/h5-6,11,14,16,25H,7-10,12-13H2,1-4H3,(H,24,27). The van der Waals surface area contributed by atoms with Gasteiger partial charge in [0, 0.05) is 41.1 Å². The van der Waals surface area contributed by atoms with E-state index in [0.717, 1.165) is 12.8 Å². The maximum atomic E-state index is 13.0. The lowest BCUT2D eigenvalue weighted by Crippen LogP contribution is -2.62. The van der Waals surface area contributed by atoms with Gasteiger partial charge in [0.15, 0.2) is 0 Å². The Balaban J connectivity index is 1.61. The second kappa shape index (κ2) is 8.58. The molecule has 0 saturated carbocycles. The highest BCUT2D eigenvalue weighted by Crippen LogP contribution is 2.32. The summed E-state index contributed by atoms with van der Waals surface area (Å²) in [6.45, 7) is 9.17. The molecule has 0 atom stereocenters. The average Bonchev–Trinajstić information content (AvgIpc) is 2.61. The van der Waals surface area contributed by atoms with Crippen molar-refractivity contribution in [2.24, 2.45) is 5.92 Å².